The molecule has 0 aliphatic heterocycles. The van der Waals surface area contributed by atoms with Gasteiger partial charge >= 0.3 is 5.97 Å². The maximum atomic E-state index is 11.4. The Morgan fingerprint density at radius 1 is 1.42 bits per heavy atom. The average molecular weight is 286 g/mol. The van der Waals surface area contributed by atoms with Crippen molar-refractivity contribution in [1.29, 1.82) is 0 Å². The van der Waals surface area contributed by atoms with Crippen LogP contribution in [-0.4, -0.2) is 25.5 Å². The number of anilines is 1. The van der Waals surface area contributed by atoms with Gasteiger partial charge in [-0.25, -0.2) is 13.6 Å². The summed E-state index contributed by atoms with van der Waals surface area (Å²) < 4.78 is 22.9. The maximum Gasteiger partial charge on any atom is 0.305 e. The molecule has 1 rings (SSSR count). The zero-order chi connectivity index (χ0) is 14.5. The van der Waals surface area contributed by atoms with Crippen LogP contribution in [-0.2, 0) is 14.8 Å². The van der Waals surface area contributed by atoms with Gasteiger partial charge in [0.1, 0.15) is 4.90 Å². The predicted molar refractivity (Wildman–Crippen MR) is 72.4 cm³/mol. The largest absolute Gasteiger partial charge is 0.481 e. The van der Waals surface area contributed by atoms with Crippen LogP contribution >= 0.6 is 0 Å². The van der Waals surface area contributed by atoms with E-state index in [4.69, 9.17) is 10.2 Å². The molecular formula is C12H18N2O4S. The van der Waals surface area contributed by atoms with Crippen molar-refractivity contribution in [3.8, 4) is 0 Å². The number of rotatable bonds is 7. The van der Waals surface area contributed by atoms with E-state index < -0.39 is 16.0 Å². The molecule has 1 unspecified atom stereocenters. The van der Waals surface area contributed by atoms with Gasteiger partial charge in [0.2, 0.25) is 10.0 Å². The minimum absolute atomic E-state index is 0.0264. The van der Waals surface area contributed by atoms with E-state index in [1.165, 1.54) is 6.07 Å². The first-order valence-electron chi connectivity index (χ1n) is 5.94. The van der Waals surface area contributed by atoms with Crippen LogP contribution in [0.15, 0.2) is 29.2 Å². The monoisotopic (exact) mass is 286 g/mol. The Morgan fingerprint density at radius 3 is 2.58 bits per heavy atom. The quantitative estimate of drug-likeness (QED) is 0.701. The normalized spacial score (nSPS) is 12.9. The number of carboxylic acid groups (broad SMARTS) is 1. The number of nitrogens with two attached hydrogens (primary N) is 1. The number of sulfonamides is 1. The van der Waals surface area contributed by atoms with Gasteiger partial charge in [-0.15, -0.1) is 0 Å². The van der Waals surface area contributed by atoms with Crippen molar-refractivity contribution in [2.75, 3.05) is 5.32 Å². The molecule has 0 bridgehead atoms. The molecule has 7 heteroatoms. The van der Waals surface area contributed by atoms with E-state index in [9.17, 15) is 13.2 Å². The highest BCUT2D eigenvalue weighted by Crippen LogP contribution is 2.21. The molecule has 1 aromatic carbocycles. The fourth-order valence-corrected chi connectivity index (χ4v) is 2.54. The molecule has 0 saturated carbocycles. The van der Waals surface area contributed by atoms with E-state index in [0.29, 0.717) is 12.1 Å². The third-order valence-electron chi connectivity index (χ3n) is 2.61. The van der Waals surface area contributed by atoms with Crippen molar-refractivity contribution >= 4 is 21.7 Å². The Hall–Kier alpha value is -1.60. The Bertz CT molecular complexity index is 542. The van der Waals surface area contributed by atoms with E-state index in [-0.39, 0.29) is 17.4 Å². The fraction of sp³-hybridized carbons (Fsp3) is 0.417. The van der Waals surface area contributed by atoms with E-state index >= 15 is 0 Å². The van der Waals surface area contributed by atoms with Gasteiger partial charge in [0.05, 0.1) is 12.1 Å². The highest BCUT2D eigenvalue weighted by molar-refractivity contribution is 7.89. The van der Waals surface area contributed by atoms with Crippen molar-refractivity contribution in [3.05, 3.63) is 24.3 Å². The molecule has 6 nitrogen and oxygen atoms in total. The number of aliphatic carboxylic acids is 1. The van der Waals surface area contributed by atoms with Crippen LogP contribution in [0.2, 0.25) is 0 Å². The standard InChI is InChI=1S/C12H18N2O4S/c1-2-5-9(8-12(15)16)14-10-6-3-4-7-11(10)19(13,17)18/h3-4,6-7,9,14H,2,5,8H2,1H3,(H,15,16)(H2,13,17,18). The van der Waals surface area contributed by atoms with Gasteiger partial charge in [-0.1, -0.05) is 25.5 Å². The molecule has 1 aromatic rings. The molecule has 1 atom stereocenters. The summed E-state index contributed by atoms with van der Waals surface area (Å²) >= 11 is 0. The lowest BCUT2D eigenvalue weighted by atomic mass is 10.1. The summed E-state index contributed by atoms with van der Waals surface area (Å²) in [6, 6.07) is 5.87. The number of carboxylic acids is 1. The van der Waals surface area contributed by atoms with Gasteiger partial charge < -0.3 is 10.4 Å². The first-order chi connectivity index (χ1) is 8.84. The van der Waals surface area contributed by atoms with Crippen molar-refractivity contribution in [2.24, 2.45) is 5.14 Å². The topological polar surface area (TPSA) is 109 Å². The van der Waals surface area contributed by atoms with Crippen molar-refractivity contribution in [3.63, 3.8) is 0 Å². The Kier molecular flexibility index (Phi) is 5.31. The zero-order valence-corrected chi connectivity index (χ0v) is 11.5. The van der Waals surface area contributed by atoms with E-state index in [1.807, 2.05) is 6.92 Å². The third-order valence-corrected chi connectivity index (χ3v) is 3.58. The van der Waals surface area contributed by atoms with Crippen LogP contribution in [0.4, 0.5) is 5.69 Å². The minimum Gasteiger partial charge on any atom is -0.481 e. The number of nitrogens with one attached hydrogen (secondary N) is 1. The zero-order valence-electron chi connectivity index (χ0n) is 10.7. The third kappa shape index (κ3) is 4.88. The predicted octanol–water partition coefficient (Wildman–Crippen LogP) is 1.39. The van der Waals surface area contributed by atoms with Crippen molar-refractivity contribution in [1.82, 2.24) is 0 Å². The number of hydrogen-bond acceptors (Lipinski definition) is 4. The van der Waals surface area contributed by atoms with Gasteiger partial charge in [0, 0.05) is 6.04 Å². The number of hydrogen-bond donors (Lipinski definition) is 3. The van der Waals surface area contributed by atoms with Crippen molar-refractivity contribution in [2.45, 2.75) is 37.1 Å². The smallest absolute Gasteiger partial charge is 0.305 e. The number of primary sulfonamides is 1. The average Bonchev–Trinajstić information content (AvgIpc) is 2.27. The van der Waals surface area contributed by atoms with Crippen LogP contribution in [0.25, 0.3) is 0 Å². The maximum absolute atomic E-state index is 11.4. The molecule has 4 N–H and O–H groups in total. The summed E-state index contributed by atoms with van der Waals surface area (Å²) in [6.07, 6.45) is 1.35. The molecule has 0 aliphatic rings. The molecule has 19 heavy (non-hydrogen) atoms. The lowest BCUT2D eigenvalue weighted by molar-refractivity contribution is -0.137. The van der Waals surface area contributed by atoms with Crippen LogP contribution in [0, 0.1) is 0 Å². The Labute approximate surface area is 112 Å². The first-order valence-corrected chi connectivity index (χ1v) is 7.49. The van der Waals surface area contributed by atoms with Gasteiger partial charge in [0.25, 0.3) is 0 Å². The summed E-state index contributed by atoms with van der Waals surface area (Å²) in [5.41, 5.74) is 0.338. The van der Waals surface area contributed by atoms with Gasteiger partial charge in [-0.2, -0.15) is 0 Å². The summed E-state index contributed by atoms with van der Waals surface area (Å²) in [6.45, 7) is 1.93. The minimum atomic E-state index is -3.83. The summed E-state index contributed by atoms with van der Waals surface area (Å²) in [5, 5.41) is 16.9. The van der Waals surface area contributed by atoms with Gasteiger partial charge in [-0.05, 0) is 18.6 Å². The summed E-state index contributed by atoms with van der Waals surface area (Å²) in [4.78, 5) is 10.7. The summed E-state index contributed by atoms with van der Waals surface area (Å²) in [5.74, 6) is -0.931. The Balaban J connectivity index is 2.99. The number of benzene rings is 1. The van der Waals surface area contributed by atoms with Crippen molar-refractivity contribution < 1.29 is 18.3 Å². The second-order valence-electron chi connectivity index (χ2n) is 4.27. The molecule has 106 valence electrons. The molecule has 0 spiro atoms. The lowest BCUT2D eigenvalue weighted by Gasteiger charge is -2.19. The second kappa shape index (κ2) is 6.53. The fourth-order valence-electron chi connectivity index (χ4n) is 1.84. The number of para-hydroxylation sites is 1. The van der Waals surface area contributed by atoms with Crippen LogP contribution < -0.4 is 10.5 Å². The molecule has 0 saturated heterocycles. The molecule has 0 fully saturated rings. The molecule has 0 aromatic heterocycles. The lowest BCUT2D eigenvalue weighted by Crippen LogP contribution is -2.25. The SMILES string of the molecule is CCCC(CC(=O)O)Nc1ccccc1S(N)(=O)=O. The van der Waals surface area contributed by atoms with E-state index in [2.05, 4.69) is 5.32 Å². The highest BCUT2D eigenvalue weighted by atomic mass is 32.2. The van der Waals surface area contributed by atoms with E-state index in [0.717, 1.165) is 6.42 Å². The molecule has 0 heterocycles. The van der Waals surface area contributed by atoms with Gasteiger partial charge in [-0.3, -0.25) is 4.79 Å². The van der Waals surface area contributed by atoms with Crippen LogP contribution in [0.3, 0.4) is 0 Å². The molecule has 0 aliphatic carbocycles. The van der Waals surface area contributed by atoms with E-state index in [1.54, 1.807) is 18.2 Å². The molecule has 0 amide bonds. The Morgan fingerprint density at radius 2 is 2.05 bits per heavy atom. The first kappa shape index (κ1) is 15.5. The van der Waals surface area contributed by atoms with Crippen LogP contribution in [0.1, 0.15) is 26.2 Å². The molecule has 0 radical (unpaired) electrons. The number of carbonyl (C=O) groups is 1. The highest BCUT2D eigenvalue weighted by Gasteiger charge is 2.17. The summed E-state index contributed by atoms with van der Waals surface area (Å²) in [7, 11) is -3.83. The second-order valence-corrected chi connectivity index (χ2v) is 5.80. The van der Waals surface area contributed by atoms with Crippen LogP contribution in [0.5, 0.6) is 0 Å². The van der Waals surface area contributed by atoms with Gasteiger partial charge in [0.15, 0.2) is 0 Å². The molecular weight excluding hydrogens is 268 g/mol.